The molecule has 0 saturated carbocycles. The number of fused-ring (bicyclic) bond motifs is 1. The van der Waals surface area contributed by atoms with Gasteiger partial charge in [0, 0.05) is 29.6 Å². The molecular formula is C21H25BrFN3. The van der Waals surface area contributed by atoms with Crippen molar-refractivity contribution in [3.8, 4) is 0 Å². The van der Waals surface area contributed by atoms with Gasteiger partial charge < -0.3 is 11.1 Å². The third-order valence-electron chi connectivity index (χ3n) is 5.86. The minimum atomic E-state index is -0.0572. The average molecular weight is 418 g/mol. The van der Waals surface area contributed by atoms with Gasteiger partial charge in [-0.25, -0.2) is 4.39 Å². The highest BCUT2D eigenvalue weighted by molar-refractivity contribution is 9.10. The van der Waals surface area contributed by atoms with Crippen molar-refractivity contribution in [2.45, 2.75) is 43.7 Å². The summed E-state index contributed by atoms with van der Waals surface area (Å²) in [6.07, 6.45) is 4.41. The molecule has 3 nitrogen and oxygen atoms in total. The van der Waals surface area contributed by atoms with E-state index in [-0.39, 0.29) is 5.82 Å². The molecule has 2 heterocycles. The van der Waals surface area contributed by atoms with E-state index in [0.29, 0.717) is 18.0 Å². The zero-order chi connectivity index (χ0) is 18.1. The van der Waals surface area contributed by atoms with Crippen LogP contribution in [0.15, 0.2) is 46.9 Å². The standard InChI is InChI=1S/C21H25BrFN3/c22-15-6-8-21(20(24)11-15)25-16-9-10-26-13-14(5-7-17(26)12-16)18-3-1-2-4-19(18)23/h1-4,6,8,11,14,16-17,25H,5,7,9-10,12-13,24H2/t14-,16+,17+/m0/s1. The molecule has 0 bridgehead atoms. The van der Waals surface area contributed by atoms with Crippen LogP contribution in [0.2, 0.25) is 0 Å². The van der Waals surface area contributed by atoms with Gasteiger partial charge in [-0.3, -0.25) is 4.90 Å². The highest BCUT2D eigenvalue weighted by atomic mass is 79.9. The maximum atomic E-state index is 14.1. The minimum Gasteiger partial charge on any atom is -0.397 e. The summed E-state index contributed by atoms with van der Waals surface area (Å²) in [5.74, 6) is 0.261. The number of nitrogens with zero attached hydrogens (tertiary/aromatic N) is 1. The number of nitrogen functional groups attached to an aromatic ring is 1. The van der Waals surface area contributed by atoms with E-state index in [0.717, 1.165) is 60.2 Å². The fourth-order valence-electron chi connectivity index (χ4n) is 4.48. The molecule has 0 aromatic heterocycles. The quantitative estimate of drug-likeness (QED) is 0.690. The first-order valence-electron chi connectivity index (χ1n) is 9.40. The van der Waals surface area contributed by atoms with Crippen molar-refractivity contribution < 1.29 is 4.39 Å². The molecule has 2 aromatic carbocycles. The van der Waals surface area contributed by atoms with E-state index in [9.17, 15) is 4.39 Å². The Hall–Kier alpha value is -1.59. The van der Waals surface area contributed by atoms with Gasteiger partial charge in [0.05, 0.1) is 11.4 Å². The second kappa shape index (κ2) is 7.57. The number of rotatable bonds is 3. The molecule has 138 valence electrons. The van der Waals surface area contributed by atoms with Crippen molar-refractivity contribution in [1.82, 2.24) is 4.90 Å². The van der Waals surface area contributed by atoms with Crippen molar-refractivity contribution in [3.05, 3.63) is 58.3 Å². The zero-order valence-electron chi connectivity index (χ0n) is 14.8. The molecule has 0 amide bonds. The summed E-state index contributed by atoms with van der Waals surface area (Å²) < 4.78 is 15.1. The highest BCUT2D eigenvalue weighted by Gasteiger charge is 2.34. The van der Waals surface area contributed by atoms with E-state index in [4.69, 9.17) is 5.73 Å². The molecule has 2 aromatic rings. The van der Waals surface area contributed by atoms with Crippen LogP contribution in [0.4, 0.5) is 15.8 Å². The van der Waals surface area contributed by atoms with Crippen LogP contribution in [-0.4, -0.2) is 30.1 Å². The van der Waals surface area contributed by atoms with Crippen LogP contribution in [0.1, 0.15) is 37.2 Å². The van der Waals surface area contributed by atoms with Crippen LogP contribution >= 0.6 is 15.9 Å². The molecule has 3 atom stereocenters. The molecule has 2 aliphatic heterocycles. The predicted octanol–water partition coefficient (Wildman–Crippen LogP) is 4.99. The lowest BCUT2D eigenvalue weighted by molar-refractivity contribution is 0.0894. The normalized spacial score (nSPS) is 26.3. The number of piperidine rings is 2. The van der Waals surface area contributed by atoms with E-state index in [1.807, 2.05) is 30.3 Å². The van der Waals surface area contributed by atoms with Gasteiger partial charge in [-0.1, -0.05) is 34.1 Å². The number of nitrogens with two attached hydrogens (primary N) is 1. The molecular weight excluding hydrogens is 393 g/mol. The van der Waals surface area contributed by atoms with Gasteiger partial charge in [0.25, 0.3) is 0 Å². The SMILES string of the molecule is Nc1cc(Br)ccc1N[C@@H]1CCN2C[C@@H](c3ccccc3F)CC[C@@H]2C1. The number of hydrogen-bond donors (Lipinski definition) is 2. The summed E-state index contributed by atoms with van der Waals surface area (Å²) in [6.45, 7) is 2.03. The maximum Gasteiger partial charge on any atom is 0.126 e. The lowest BCUT2D eigenvalue weighted by Gasteiger charge is -2.45. The molecule has 4 rings (SSSR count). The largest absolute Gasteiger partial charge is 0.397 e. The maximum absolute atomic E-state index is 14.1. The number of nitrogens with one attached hydrogen (secondary N) is 1. The van der Waals surface area contributed by atoms with Gasteiger partial charge in [0.15, 0.2) is 0 Å². The Labute approximate surface area is 162 Å². The van der Waals surface area contributed by atoms with Crippen LogP contribution in [-0.2, 0) is 0 Å². The van der Waals surface area contributed by atoms with E-state index < -0.39 is 0 Å². The lowest BCUT2D eigenvalue weighted by Crippen LogP contribution is -2.50. The first-order valence-corrected chi connectivity index (χ1v) is 10.2. The summed E-state index contributed by atoms with van der Waals surface area (Å²) in [5.41, 5.74) is 8.81. The Morgan fingerprint density at radius 1 is 1.12 bits per heavy atom. The van der Waals surface area contributed by atoms with Crippen molar-refractivity contribution in [3.63, 3.8) is 0 Å². The van der Waals surface area contributed by atoms with Crippen LogP contribution in [0.25, 0.3) is 0 Å². The van der Waals surface area contributed by atoms with E-state index >= 15 is 0 Å². The Balaban J connectivity index is 1.38. The number of anilines is 2. The second-order valence-electron chi connectivity index (χ2n) is 7.54. The molecule has 3 N–H and O–H groups in total. The van der Waals surface area contributed by atoms with Crippen LogP contribution in [0.3, 0.4) is 0 Å². The Kier molecular flexibility index (Phi) is 5.18. The first kappa shape index (κ1) is 17.8. The monoisotopic (exact) mass is 417 g/mol. The second-order valence-corrected chi connectivity index (χ2v) is 8.46. The Morgan fingerprint density at radius 2 is 1.96 bits per heavy atom. The topological polar surface area (TPSA) is 41.3 Å². The van der Waals surface area contributed by atoms with Gasteiger partial charge in [-0.2, -0.15) is 0 Å². The first-order chi connectivity index (χ1) is 12.6. The Morgan fingerprint density at radius 3 is 2.77 bits per heavy atom. The van der Waals surface area contributed by atoms with E-state index in [1.54, 1.807) is 12.1 Å². The van der Waals surface area contributed by atoms with Gasteiger partial charge in [-0.05, 0) is 61.4 Å². The van der Waals surface area contributed by atoms with Crippen LogP contribution in [0, 0.1) is 5.82 Å². The minimum absolute atomic E-state index is 0.0572. The third kappa shape index (κ3) is 3.74. The van der Waals surface area contributed by atoms with Crippen molar-refractivity contribution in [2.24, 2.45) is 0 Å². The van der Waals surface area contributed by atoms with Gasteiger partial charge >= 0.3 is 0 Å². The molecule has 2 saturated heterocycles. The summed E-state index contributed by atoms with van der Waals surface area (Å²) >= 11 is 3.46. The molecule has 2 aliphatic rings. The molecule has 0 aliphatic carbocycles. The fourth-order valence-corrected chi connectivity index (χ4v) is 4.86. The highest BCUT2D eigenvalue weighted by Crippen LogP contribution is 2.36. The summed E-state index contributed by atoms with van der Waals surface area (Å²) in [6, 6.07) is 14.3. The van der Waals surface area contributed by atoms with Crippen molar-refractivity contribution in [1.29, 1.82) is 0 Å². The average Bonchev–Trinajstić information content (AvgIpc) is 2.64. The molecule has 0 radical (unpaired) electrons. The van der Waals surface area contributed by atoms with Gasteiger partial charge in [0.2, 0.25) is 0 Å². The predicted molar refractivity (Wildman–Crippen MR) is 109 cm³/mol. The third-order valence-corrected chi connectivity index (χ3v) is 6.35. The summed E-state index contributed by atoms with van der Waals surface area (Å²) in [5, 5.41) is 3.63. The zero-order valence-corrected chi connectivity index (χ0v) is 16.4. The van der Waals surface area contributed by atoms with Gasteiger partial charge in [0.1, 0.15) is 5.82 Å². The fraction of sp³-hybridized carbons (Fsp3) is 0.429. The van der Waals surface area contributed by atoms with Gasteiger partial charge in [-0.15, -0.1) is 0 Å². The number of halogens is 2. The lowest BCUT2D eigenvalue weighted by atomic mass is 9.82. The molecule has 5 heteroatoms. The molecule has 0 spiro atoms. The van der Waals surface area contributed by atoms with E-state index in [2.05, 4.69) is 26.1 Å². The van der Waals surface area contributed by atoms with E-state index in [1.165, 1.54) is 0 Å². The van der Waals surface area contributed by atoms with Crippen LogP contribution < -0.4 is 11.1 Å². The summed E-state index contributed by atoms with van der Waals surface area (Å²) in [4.78, 5) is 2.56. The van der Waals surface area contributed by atoms with Crippen molar-refractivity contribution in [2.75, 3.05) is 24.1 Å². The van der Waals surface area contributed by atoms with Crippen LogP contribution in [0.5, 0.6) is 0 Å². The molecule has 0 unspecified atom stereocenters. The molecule has 2 fully saturated rings. The molecule has 26 heavy (non-hydrogen) atoms. The number of benzene rings is 2. The number of hydrogen-bond acceptors (Lipinski definition) is 3. The smallest absolute Gasteiger partial charge is 0.126 e. The Bertz CT molecular complexity index is 782. The summed E-state index contributed by atoms with van der Waals surface area (Å²) in [7, 11) is 0. The van der Waals surface area contributed by atoms with Crippen molar-refractivity contribution >= 4 is 27.3 Å².